The van der Waals surface area contributed by atoms with Crippen LogP contribution in [0.5, 0.6) is 0 Å². The summed E-state index contributed by atoms with van der Waals surface area (Å²) in [5, 5.41) is 12.4. The normalized spacial score (nSPS) is 35.1. The van der Waals surface area contributed by atoms with Crippen LogP contribution < -0.4 is 10.2 Å². The highest BCUT2D eigenvalue weighted by Gasteiger charge is 2.52. The van der Waals surface area contributed by atoms with Gasteiger partial charge in [-0.05, 0) is 43.7 Å². The Morgan fingerprint density at radius 1 is 1.08 bits per heavy atom. The summed E-state index contributed by atoms with van der Waals surface area (Å²) in [7, 11) is 0. The molecule has 0 radical (unpaired) electrons. The average Bonchev–Trinajstić information content (AvgIpc) is 3.29. The lowest BCUT2D eigenvalue weighted by Crippen LogP contribution is -2.47. The maximum atomic E-state index is 12.8. The topological polar surface area (TPSA) is 86.7 Å². The molecular formula is C20H22N2O4. The fourth-order valence-electron chi connectivity index (χ4n) is 4.81. The first-order valence-electron chi connectivity index (χ1n) is 9.07. The molecule has 6 nitrogen and oxygen atoms in total. The Hall–Kier alpha value is -2.63. The van der Waals surface area contributed by atoms with Gasteiger partial charge in [0.25, 0.3) is 0 Å². The number of rotatable bonds is 4. The van der Waals surface area contributed by atoms with E-state index in [9.17, 15) is 19.5 Å². The van der Waals surface area contributed by atoms with Gasteiger partial charge in [0.1, 0.15) is 6.04 Å². The Labute approximate surface area is 151 Å². The van der Waals surface area contributed by atoms with Crippen LogP contribution in [0.25, 0.3) is 0 Å². The number of fused-ring (bicyclic) bond motifs is 2. The maximum absolute atomic E-state index is 12.8. The van der Waals surface area contributed by atoms with Crippen LogP contribution in [-0.4, -0.2) is 35.0 Å². The molecule has 1 aromatic carbocycles. The van der Waals surface area contributed by atoms with Gasteiger partial charge in [-0.1, -0.05) is 30.4 Å². The van der Waals surface area contributed by atoms with Crippen molar-refractivity contribution in [2.75, 3.05) is 4.90 Å². The molecule has 0 aromatic heterocycles. The predicted molar refractivity (Wildman–Crippen MR) is 95.3 cm³/mol. The van der Waals surface area contributed by atoms with Crippen molar-refractivity contribution in [2.24, 2.45) is 23.7 Å². The highest BCUT2D eigenvalue weighted by molar-refractivity contribution is 6.02. The van der Waals surface area contributed by atoms with Gasteiger partial charge < -0.3 is 15.3 Å². The number of anilines is 1. The molecule has 1 aliphatic heterocycles. The number of carboxylic acids is 1. The first kappa shape index (κ1) is 16.8. The summed E-state index contributed by atoms with van der Waals surface area (Å²) in [5.74, 6) is -2.77. The quantitative estimate of drug-likeness (QED) is 0.808. The van der Waals surface area contributed by atoms with Gasteiger partial charge in [-0.2, -0.15) is 0 Å². The van der Waals surface area contributed by atoms with Crippen LogP contribution in [0.4, 0.5) is 5.69 Å². The second-order valence-corrected chi connectivity index (χ2v) is 7.53. The summed E-state index contributed by atoms with van der Waals surface area (Å²) in [6.45, 7) is 1.96. The number of hydrogen-bond acceptors (Lipinski definition) is 3. The molecule has 2 amide bonds. The van der Waals surface area contributed by atoms with Crippen molar-refractivity contribution in [1.82, 2.24) is 5.32 Å². The van der Waals surface area contributed by atoms with Crippen molar-refractivity contribution in [3.63, 3.8) is 0 Å². The zero-order valence-electron chi connectivity index (χ0n) is 14.5. The largest absolute Gasteiger partial charge is 0.481 e. The molecule has 1 saturated heterocycles. The van der Waals surface area contributed by atoms with Crippen molar-refractivity contribution in [3.05, 3.63) is 42.5 Å². The fraction of sp³-hybridized carbons (Fsp3) is 0.450. The Morgan fingerprint density at radius 3 is 2.38 bits per heavy atom. The summed E-state index contributed by atoms with van der Waals surface area (Å²) in [4.78, 5) is 39.0. The Balaban J connectivity index is 1.49. The zero-order valence-corrected chi connectivity index (χ0v) is 14.5. The van der Waals surface area contributed by atoms with Crippen LogP contribution in [0.1, 0.15) is 19.8 Å². The van der Waals surface area contributed by atoms with Gasteiger partial charge in [-0.15, -0.1) is 0 Å². The van der Waals surface area contributed by atoms with E-state index in [4.69, 9.17) is 0 Å². The number of nitrogens with one attached hydrogen (secondary N) is 1. The highest BCUT2D eigenvalue weighted by Crippen LogP contribution is 2.48. The highest BCUT2D eigenvalue weighted by atomic mass is 16.4. The van der Waals surface area contributed by atoms with E-state index in [1.54, 1.807) is 4.90 Å². The Morgan fingerprint density at radius 2 is 1.73 bits per heavy atom. The molecule has 6 unspecified atom stereocenters. The van der Waals surface area contributed by atoms with E-state index in [-0.39, 0.29) is 29.7 Å². The van der Waals surface area contributed by atoms with Crippen molar-refractivity contribution >= 4 is 23.5 Å². The summed E-state index contributed by atoms with van der Waals surface area (Å²) in [6.07, 6.45) is 5.09. The third-order valence-electron chi connectivity index (χ3n) is 5.95. The first-order chi connectivity index (χ1) is 12.5. The second-order valence-electron chi connectivity index (χ2n) is 7.53. The maximum Gasteiger partial charge on any atom is 0.307 e. The number of nitrogens with zero attached hydrogens (tertiary/aromatic N) is 1. The van der Waals surface area contributed by atoms with Gasteiger partial charge in [-0.25, -0.2) is 0 Å². The van der Waals surface area contributed by atoms with Crippen molar-refractivity contribution < 1.29 is 19.5 Å². The lowest BCUT2D eigenvalue weighted by atomic mass is 9.82. The number of aliphatic carboxylic acids is 1. The molecular weight excluding hydrogens is 332 g/mol. The number of carbonyl (C=O) groups excluding carboxylic acids is 2. The van der Waals surface area contributed by atoms with E-state index in [0.717, 1.165) is 5.69 Å². The second kappa shape index (κ2) is 6.27. The van der Waals surface area contributed by atoms with Crippen molar-refractivity contribution in [1.29, 1.82) is 0 Å². The van der Waals surface area contributed by atoms with E-state index in [2.05, 4.69) is 5.32 Å². The van der Waals surface area contributed by atoms with Crippen LogP contribution in [0.3, 0.4) is 0 Å². The van der Waals surface area contributed by atoms with Gasteiger partial charge in [-0.3, -0.25) is 14.4 Å². The molecule has 0 spiro atoms. The number of amides is 2. The molecule has 3 aliphatic rings. The van der Waals surface area contributed by atoms with Crippen LogP contribution in [0, 0.1) is 23.7 Å². The number of hydrogen-bond donors (Lipinski definition) is 2. The Kier molecular flexibility index (Phi) is 4.05. The monoisotopic (exact) mass is 354 g/mol. The fourth-order valence-corrected chi connectivity index (χ4v) is 4.81. The van der Waals surface area contributed by atoms with E-state index in [0.29, 0.717) is 12.8 Å². The van der Waals surface area contributed by atoms with Gasteiger partial charge in [0.2, 0.25) is 11.8 Å². The van der Waals surface area contributed by atoms with Gasteiger partial charge in [0.05, 0.1) is 11.8 Å². The van der Waals surface area contributed by atoms with E-state index in [1.165, 1.54) is 0 Å². The molecule has 2 fully saturated rings. The van der Waals surface area contributed by atoms with E-state index >= 15 is 0 Å². The molecule has 6 atom stereocenters. The van der Waals surface area contributed by atoms with Crippen LogP contribution in [-0.2, 0) is 14.4 Å². The average molecular weight is 354 g/mol. The summed E-state index contributed by atoms with van der Waals surface area (Å²) < 4.78 is 0. The lowest BCUT2D eigenvalue weighted by Gasteiger charge is -2.25. The minimum absolute atomic E-state index is 0.0228. The summed E-state index contributed by atoms with van der Waals surface area (Å²) >= 11 is 0. The molecule has 6 heteroatoms. The van der Waals surface area contributed by atoms with Crippen LogP contribution >= 0.6 is 0 Å². The third kappa shape index (κ3) is 2.60. The smallest absolute Gasteiger partial charge is 0.307 e. The SMILES string of the molecule is CC1CC(NC(=O)C2C3C=CC(C3)C2C(=O)O)C(=O)N1c1ccccc1. The number of allylic oxidation sites excluding steroid dienone is 2. The number of para-hydroxylation sites is 1. The van der Waals surface area contributed by atoms with Crippen LogP contribution in [0.15, 0.2) is 42.5 Å². The molecule has 2 N–H and O–H groups in total. The van der Waals surface area contributed by atoms with Crippen molar-refractivity contribution in [3.8, 4) is 0 Å². The van der Waals surface area contributed by atoms with Gasteiger partial charge in [0, 0.05) is 11.7 Å². The van der Waals surface area contributed by atoms with E-state index < -0.39 is 23.8 Å². The molecule has 1 saturated carbocycles. The molecule has 26 heavy (non-hydrogen) atoms. The number of carbonyl (C=O) groups is 3. The summed E-state index contributed by atoms with van der Waals surface area (Å²) in [6, 6.07) is 8.77. The molecule has 136 valence electrons. The van der Waals surface area contributed by atoms with Gasteiger partial charge >= 0.3 is 5.97 Å². The van der Waals surface area contributed by atoms with E-state index in [1.807, 2.05) is 49.4 Å². The first-order valence-corrected chi connectivity index (χ1v) is 9.07. The number of benzene rings is 1. The molecule has 1 heterocycles. The molecule has 2 bridgehead atoms. The predicted octanol–water partition coefficient (Wildman–Crippen LogP) is 1.82. The Bertz CT molecular complexity index is 775. The summed E-state index contributed by atoms with van der Waals surface area (Å²) in [5.41, 5.74) is 0.813. The molecule has 1 aromatic rings. The minimum Gasteiger partial charge on any atom is -0.481 e. The molecule has 2 aliphatic carbocycles. The third-order valence-corrected chi connectivity index (χ3v) is 5.95. The number of carboxylic acid groups (broad SMARTS) is 1. The molecule has 4 rings (SSSR count). The van der Waals surface area contributed by atoms with Gasteiger partial charge in [0.15, 0.2) is 0 Å². The zero-order chi connectivity index (χ0) is 18.4. The lowest BCUT2D eigenvalue weighted by molar-refractivity contribution is -0.148. The standard InChI is InChI=1S/C20H22N2O4/c1-11-9-15(19(24)22(11)14-5-3-2-4-6-14)21-18(23)16-12-7-8-13(10-12)17(16)20(25)26/h2-8,11-13,15-17H,9-10H2,1H3,(H,21,23)(H,25,26). The van der Waals surface area contributed by atoms with Crippen molar-refractivity contribution in [2.45, 2.75) is 31.8 Å². The minimum atomic E-state index is -0.931. The van der Waals surface area contributed by atoms with Crippen LogP contribution in [0.2, 0.25) is 0 Å².